The standard InChI is InChI=1S/C23H21N3/c1-25(2)24-17-21-20-15-9-10-16-22(20)26(19-13-7-4-8-14-19)23(21)18-11-5-3-6-12-18/h3-17H,1-2H3/b24-17-. The average molecular weight is 339 g/mol. The van der Waals surface area contributed by atoms with Crippen molar-refractivity contribution < 1.29 is 0 Å². The third-order valence-corrected chi connectivity index (χ3v) is 4.39. The van der Waals surface area contributed by atoms with Crippen LogP contribution in [0.4, 0.5) is 0 Å². The van der Waals surface area contributed by atoms with Crippen molar-refractivity contribution >= 4 is 17.1 Å². The summed E-state index contributed by atoms with van der Waals surface area (Å²) in [4.78, 5) is 0. The predicted molar refractivity (Wildman–Crippen MR) is 110 cm³/mol. The molecule has 0 saturated heterocycles. The molecule has 4 aromatic rings. The SMILES string of the molecule is CN(C)/N=C\c1c(-c2ccccc2)n(-c2ccccc2)c2ccccc12. The molecule has 0 aliphatic rings. The molecule has 0 aliphatic heterocycles. The first-order valence-electron chi connectivity index (χ1n) is 8.71. The smallest absolute Gasteiger partial charge is 0.0629 e. The zero-order chi connectivity index (χ0) is 17.9. The summed E-state index contributed by atoms with van der Waals surface area (Å²) in [7, 11) is 3.88. The number of para-hydroxylation sites is 2. The van der Waals surface area contributed by atoms with Crippen molar-refractivity contribution in [2.24, 2.45) is 5.10 Å². The topological polar surface area (TPSA) is 20.5 Å². The first-order chi connectivity index (χ1) is 12.8. The quantitative estimate of drug-likeness (QED) is 0.370. The summed E-state index contributed by atoms with van der Waals surface area (Å²) in [5.74, 6) is 0. The first-order valence-corrected chi connectivity index (χ1v) is 8.71. The number of aromatic nitrogens is 1. The maximum Gasteiger partial charge on any atom is 0.0629 e. The van der Waals surface area contributed by atoms with Crippen molar-refractivity contribution in [1.82, 2.24) is 9.58 Å². The molecule has 0 atom stereocenters. The van der Waals surface area contributed by atoms with E-state index < -0.39 is 0 Å². The molecule has 0 unspecified atom stereocenters. The van der Waals surface area contributed by atoms with E-state index in [2.05, 4.69) is 82.5 Å². The Labute approximate surface area is 153 Å². The van der Waals surface area contributed by atoms with Crippen LogP contribution in [0.1, 0.15) is 5.56 Å². The van der Waals surface area contributed by atoms with Crippen LogP contribution in [0, 0.1) is 0 Å². The summed E-state index contributed by atoms with van der Waals surface area (Å²) in [6.07, 6.45) is 1.96. The van der Waals surface area contributed by atoms with Crippen LogP contribution in [0.25, 0.3) is 27.8 Å². The summed E-state index contributed by atoms with van der Waals surface area (Å²) in [6, 6.07) is 29.5. The third kappa shape index (κ3) is 2.88. The lowest BCUT2D eigenvalue weighted by molar-refractivity contribution is 0.440. The molecule has 3 heteroatoms. The molecule has 0 radical (unpaired) electrons. The minimum absolute atomic E-state index is 1.13. The molecule has 0 N–H and O–H groups in total. The molecule has 0 aliphatic carbocycles. The zero-order valence-corrected chi connectivity index (χ0v) is 15.0. The van der Waals surface area contributed by atoms with E-state index in [-0.39, 0.29) is 0 Å². The van der Waals surface area contributed by atoms with E-state index in [0.717, 1.165) is 16.9 Å². The predicted octanol–water partition coefficient (Wildman–Crippen LogP) is 5.19. The minimum Gasteiger partial charge on any atom is -0.309 e. The molecule has 0 spiro atoms. The molecule has 0 bridgehead atoms. The summed E-state index contributed by atoms with van der Waals surface area (Å²) in [6.45, 7) is 0. The molecule has 1 heterocycles. The van der Waals surface area contributed by atoms with Crippen molar-refractivity contribution in [3.8, 4) is 16.9 Å². The van der Waals surface area contributed by atoms with E-state index >= 15 is 0 Å². The van der Waals surface area contributed by atoms with Gasteiger partial charge in [-0.3, -0.25) is 0 Å². The molecule has 3 aromatic carbocycles. The van der Waals surface area contributed by atoms with Gasteiger partial charge in [-0.2, -0.15) is 5.10 Å². The number of hydrogen-bond donors (Lipinski definition) is 0. The number of nitrogens with zero attached hydrogens (tertiary/aromatic N) is 3. The molecule has 0 fully saturated rings. The van der Waals surface area contributed by atoms with Gasteiger partial charge in [0.1, 0.15) is 0 Å². The largest absolute Gasteiger partial charge is 0.309 e. The van der Waals surface area contributed by atoms with Gasteiger partial charge < -0.3 is 9.58 Å². The van der Waals surface area contributed by atoms with Crippen LogP contribution in [0.2, 0.25) is 0 Å². The third-order valence-electron chi connectivity index (χ3n) is 4.39. The highest BCUT2D eigenvalue weighted by Crippen LogP contribution is 2.35. The van der Waals surface area contributed by atoms with Crippen molar-refractivity contribution in [2.45, 2.75) is 0 Å². The second-order valence-corrected chi connectivity index (χ2v) is 6.41. The lowest BCUT2D eigenvalue weighted by atomic mass is 10.1. The van der Waals surface area contributed by atoms with Crippen LogP contribution in [0.15, 0.2) is 90.0 Å². The molecular weight excluding hydrogens is 318 g/mol. The van der Waals surface area contributed by atoms with E-state index in [1.807, 2.05) is 37.5 Å². The molecule has 26 heavy (non-hydrogen) atoms. The van der Waals surface area contributed by atoms with Crippen LogP contribution in [0.3, 0.4) is 0 Å². The van der Waals surface area contributed by atoms with E-state index in [1.54, 1.807) is 0 Å². The summed E-state index contributed by atoms with van der Waals surface area (Å²) in [5, 5.41) is 7.55. The minimum atomic E-state index is 1.13. The maximum absolute atomic E-state index is 4.53. The van der Waals surface area contributed by atoms with Gasteiger partial charge in [-0.15, -0.1) is 0 Å². The highest BCUT2D eigenvalue weighted by atomic mass is 15.4. The number of hydrazone groups is 1. The van der Waals surface area contributed by atoms with Crippen LogP contribution in [0.5, 0.6) is 0 Å². The Hall–Kier alpha value is -3.33. The monoisotopic (exact) mass is 339 g/mol. The van der Waals surface area contributed by atoms with Gasteiger partial charge in [0.05, 0.1) is 17.4 Å². The van der Waals surface area contributed by atoms with Gasteiger partial charge in [-0.1, -0.05) is 66.7 Å². The fraction of sp³-hybridized carbons (Fsp3) is 0.0870. The van der Waals surface area contributed by atoms with Crippen LogP contribution in [-0.2, 0) is 0 Å². The molecule has 1 aromatic heterocycles. The second kappa shape index (κ2) is 6.89. The molecular formula is C23H21N3. The lowest BCUT2D eigenvalue weighted by Gasteiger charge is -2.12. The highest BCUT2D eigenvalue weighted by molar-refractivity contribution is 6.07. The Bertz CT molecular complexity index is 1040. The number of rotatable bonds is 4. The summed E-state index contributed by atoms with van der Waals surface area (Å²) >= 11 is 0. The summed E-state index contributed by atoms with van der Waals surface area (Å²) < 4.78 is 2.32. The lowest BCUT2D eigenvalue weighted by Crippen LogP contribution is -2.03. The normalized spacial score (nSPS) is 11.3. The average Bonchev–Trinajstić information content (AvgIpc) is 3.02. The fourth-order valence-electron chi connectivity index (χ4n) is 3.29. The van der Waals surface area contributed by atoms with Gasteiger partial charge in [0, 0.05) is 30.7 Å². The van der Waals surface area contributed by atoms with Gasteiger partial charge >= 0.3 is 0 Å². The Morgan fingerprint density at radius 2 is 1.38 bits per heavy atom. The van der Waals surface area contributed by atoms with Crippen LogP contribution >= 0.6 is 0 Å². The van der Waals surface area contributed by atoms with Gasteiger partial charge in [0.25, 0.3) is 0 Å². The van der Waals surface area contributed by atoms with Crippen molar-refractivity contribution in [2.75, 3.05) is 14.1 Å². The van der Waals surface area contributed by atoms with Crippen LogP contribution < -0.4 is 0 Å². The van der Waals surface area contributed by atoms with E-state index in [0.29, 0.717) is 0 Å². The Morgan fingerprint density at radius 1 is 0.769 bits per heavy atom. The Balaban J connectivity index is 2.12. The molecule has 3 nitrogen and oxygen atoms in total. The number of fused-ring (bicyclic) bond motifs is 1. The molecule has 0 saturated carbocycles. The van der Waals surface area contributed by atoms with Gasteiger partial charge in [-0.05, 0) is 23.8 Å². The Kier molecular flexibility index (Phi) is 4.28. The van der Waals surface area contributed by atoms with Gasteiger partial charge in [0.2, 0.25) is 0 Å². The molecule has 0 amide bonds. The van der Waals surface area contributed by atoms with E-state index in [4.69, 9.17) is 0 Å². The van der Waals surface area contributed by atoms with Crippen molar-refractivity contribution in [3.63, 3.8) is 0 Å². The fourth-order valence-corrected chi connectivity index (χ4v) is 3.29. The Morgan fingerprint density at radius 3 is 2.08 bits per heavy atom. The molecule has 4 rings (SSSR count). The maximum atomic E-state index is 4.53. The van der Waals surface area contributed by atoms with Crippen molar-refractivity contribution in [1.29, 1.82) is 0 Å². The van der Waals surface area contributed by atoms with E-state index in [9.17, 15) is 0 Å². The first kappa shape index (κ1) is 16.2. The zero-order valence-electron chi connectivity index (χ0n) is 15.0. The van der Waals surface area contributed by atoms with Crippen LogP contribution in [-0.4, -0.2) is 29.9 Å². The van der Waals surface area contributed by atoms with Crippen molar-refractivity contribution in [3.05, 3.63) is 90.5 Å². The van der Waals surface area contributed by atoms with E-state index in [1.165, 1.54) is 16.5 Å². The molecule has 128 valence electrons. The second-order valence-electron chi connectivity index (χ2n) is 6.41. The highest BCUT2D eigenvalue weighted by Gasteiger charge is 2.18. The number of benzene rings is 3. The van der Waals surface area contributed by atoms with Gasteiger partial charge in [0.15, 0.2) is 0 Å². The van der Waals surface area contributed by atoms with Gasteiger partial charge in [-0.25, -0.2) is 0 Å². The summed E-state index contributed by atoms with van der Waals surface area (Å²) in [5.41, 5.74) is 5.78. The number of hydrogen-bond acceptors (Lipinski definition) is 2.